The molecule has 1 aliphatic rings. The highest BCUT2D eigenvalue weighted by molar-refractivity contribution is 5.88. The van der Waals surface area contributed by atoms with Crippen molar-refractivity contribution in [2.24, 2.45) is 0 Å². The van der Waals surface area contributed by atoms with Gasteiger partial charge in [0.25, 0.3) is 0 Å². The van der Waals surface area contributed by atoms with Crippen molar-refractivity contribution in [2.75, 3.05) is 20.3 Å². The Balaban J connectivity index is 1.57. The van der Waals surface area contributed by atoms with Gasteiger partial charge in [0.2, 0.25) is 11.2 Å². The van der Waals surface area contributed by atoms with Gasteiger partial charge in [-0.15, -0.1) is 0 Å². The Morgan fingerprint density at radius 1 is 0.947 bits per heavy atom. The van der Waals surface area contributed by atoms with E-state index in [4.69, 9.17) is 23.4 Å². The molecule has 0 aliphatic carbocycles. The topological polar surface area (TPSA) is 148 Å². The first kappa shape index (κ1) is 25.1. The van der Waals surface area contributed by atoms with Gasteiger partial charge in [0, 0.05) is 23.3 Å². The van der Waals surface area contributed by atoms with Gasteiger partial charge in [-0.3, -0.25) is 4.79 Å². The molecule has 0 amide bonds. The van der Waals surface area contributed by atoms with Crippen molar-refractivity contribution in [3.8, 4) is 51.6 Å². The zero-order valence-electron chi connectivity index (χ0n) is 20.6. The van der Waals surface area contributed by atoms with Crippen molar-refractivity contribution in [1.82, 2.24) is 0 Å². The van der Waals surface area contributed by atoms with E-state index >= 15 is 0 Å². The third-order valence-corrected chi connectivity index (χ3v) is 6.19. The highest BCUT2D eigenvalue weighted by Gasteiger charge is 2.34. The lowest BCUT2D eigenvalue weighted by atomic mass is 10.0. The third-order valence-electron chi connectivity index (χ3n) is 6.19. The van der Waals surface area contributed by atoms with E-state index in [-0.39, 0.29) is 46.3 Å². The minimum Gasteiger partial charge on any atom is -0.507 e. The lowest BCUT2D eigenvalue weighted by Crippen LogP contribution is -2.36. The quantitative estimate of drug-likeness (QED) is 0.278. The summed E-state index contributed by atoms with van der Waals surface area (Å²) in [7, 11) is 1.42. The predicted molar refractivity (Wildman–Crippen MR) is 137 cm³/mol. The van der Waals surface area contributed by atoms with Gasteiger partial charge in [0.05, 0.1) is 20.3 Å². The molecule has 38 heavy (non-hydrogen) atoms. The maximum absolute atomic E-state index is 12.9. The Bertz CT molecular complexity index is 1560. The van der Waals surface area contributed by atoms with Crippen LogP contribution in [-0.2, 0) is 0 Å². The lowest BCUT2D eigenvalue weighted by Gasteiger charge is -2.33. The van der Waals surface area contributed by atoms with E-state index in [1.165, 1.54) is 31.4 Å². The molecule has 10 nitrogen and oxygen atoms in total. The number of aliphatic hydroxyl groups is 1. The van der Waals surface area contributed by atoms with E-state index in [0.717, 1.165) is 6.42 Å². The molecule has 1 aromatic heterocycles. The number of phenols is 2. The van der Waals surface area contributed by atoms with Crippen LogP contribution in [0.1, 0.15) is 25.0 Å². The van der Waals surface area contributed by atoms with Crippen LogP contribution in [0.3, 0.4) is 0 Å². The van der Waals surface area contributed by atoms with Crippen LogP contribution >= 0.6 is 0 Å². The first-order valence-corrected chi connectivity index (χ1v) is 12.0. The van der Waals surface area contributed by atoms with Crippen LogP contribution in [0.15, 0.2) is 57.7 Å². The fraction of sp³-hybridized carbons (Fsp3) is 0.250. The first-order valence-electron chi connectivity index (χ1n) is 12.0. The molecule has 10 heteroatoms. The van der Waals surface area contributed by atoms with E-state index in [2.05, 4.69) is 0 Å². The van der Waals surface area contributed by atoms with E-state index < -0.39 is 23.4 Å². The van der Waals surface area contributed by atoms with Gasteiger partial charge in [0.15, 0.2) is 41.0 Å². The zero-order valence-corrected chi connectivity index (χ0v) is 20.6. The summed E-state index contributed by atoms with van der Waals surface area (Å²) in [4.78, 5) is 12.9. The summed E-state index contributed by atoms with van der Waals surface area (Å²) in [5.41, 5.74) is 0.140. The smallest absolute Gasteiger partial charge is 0.238 e. The van der Waals surface area contributed by atoms with E-state index in [9.17, 15) is 25.2 Å². The number of rotatable bonds is 7. The van der Waals surface area contributed by atoms with Crippen molar-refractivity contribution >= 4 is 11.0 Å². The summed E-state index contributed by atoms with van der Waals surface area (Å²) in [6, 6.07) is 12.1. The molecule has 4 aromatic rings. The molecule has 4 N–H and O–H groups in total. The highest BCUT2D eigenvalue weighted by atomic mass is 16.6. The number of methoxy groups -OCH3 is 1. The maximum Gasteiger partial charge on any atom is 0.238 e. The molecule has 1 aliphatic heterocycles. The Morgan fingerprint density at radius 3 is 2.50 bits per heavy atom. The van der Waals surface area contributed by atoms with Crippen molar-refractivity contribution in [3.63, 3.8) is 0 Å². The van der Waals surface area contributed by atoms with Gasteiger partial charge in [-0.2, -0.15) is 0 Å². The first-order chi connectivity index (χ1) is 18.3. The number of aliphatic hydroxyl groups excluding tert-OH is 1. The summed E-state index contributed by atoms with van der Waals surface area (Å²) in [6.45, 7) is 2.00. The van der Waals surface area contributed by atoms with Crippen LogP contribution in [0.25, 0.3) is 22.3 Å². The summed E-state index contributed by atoms with van der Waals surface area (Å²) in [5, 5.41) is 40.8. The fourth-order valence-electron chi connectivity index (χ4n) is 4.33. The number of phenolic OH excluding ortho intramolecular Hbond substituents is 2. The second kappa shape index (κ2) is 10.1. The van der Waals surface area contributed by atoms with Crippen LogP contribution in [0.4, 0.5) is 0 Å². The van der Waals surface area contributed by atoms with Crippen LogP contribution in [0, 0.1) is 0 Å². The maximum atomic E-state index is 12.9. The molecular formula is C28H26O10. The molecule has 198 valence electrons. The lowest BCUT2D eigenvalue weighted by molar-refractivity contribution is -0.0123. The Labute approximate surface area is 216 Å². The molecule has 0 radical (unpaired) electrons. The number of hydrogen-bond donors (Lipinski definition) is 4. The molecule has 0 saturated heterocycles. The molecule has 0 fully saturated rings. The summed E-state index contributed by atoms with van der Waals surface area (Å²) < 4.78 is 28.8. The molecule has 0 bridgehead atoms. The van der Waals surface area contributed by atoms with Crippen molar-refractivity contribution < 1.29 is 43.8 Å². The largest absolute Gasteiger partial charge is 0.507 e. The van der Waals surface area contributed by atoms with Gasteiger partial charge in [-0.25, -0.2) is 0 Å². The molecule has 0 saturated carbocycles. The number of ether oxygens (including phenoxy) is 4. The average Bonchev–Trinajstić information content (AvgIpc) is 2.92. The monoisotopic (exact) mass is 522 g/mol. The minimum absolute atomic E-state index is 0.0400. The number of fused-ring (bicyclic) bond motifs is 2. The van der Waals surface area contributed by atoms with Crippen LogP contribution in [0.5, 0.6) is 40.2 Å². The summed E-state index contributed by atoms with van der Waals surface area (Å²) >= 11 is 0. The Morgan fingerprint density at radius 2 is 1.76 bits per heavy atom. The number of benzene rings is 3. The standard InChI is InChI=1S/C28H26O10/c1-3-8-35-16-11-18(31)24-22(12-16)38-28(26(33)25(24)32)15-5-7-19-21(10-15)37-27(23(13-29)36-19)14-4-6-17(30)20(9-14)34-2/h4-7,9-12,23,27,29-31,33H,3,8,13H2,1-2H3. The summed E-state index contributed by atoms with van der Waals surface area (Å²) in [5.74, 6) is -0.0647. The van der Waals surface area contributed by atoms with Gasteiger partial charge >= 0.3 is 0 Å². The molecule has 3 aromatic carbocycles. The van der Waals surface area contributed by atoms with Gasteiger partial charge < -0.3 is 43.8 Å². The van der Waals surface area contributed by atoms with Crippen molar-refractivity contribution in [3.05, 3.63) is 64.3 Å². The second-order valence-electron chi connectivity index (χ2n) is 8.74. The van der Waals surface area contributed by atoms with E-state index in [0.29, 0.717) is 29.2 Å². The SMILES string of the molecule is CCCOc1cc(O)c2c(=O)c(O)c(-c3ccc4c(c3)OC(c3ccc(O)c(OC)c3)C(CO)O4)oc2c1. The van der Waals surface area contributed by atoms with Crippen LogP contribution in [-0.4, -0.2) is 46.9 Å². The molecule has 2 unspecified atom stereocenters. The Hall–Kier alpha value is -4.57. The highest BCUT2D eigenvalue weighted by Crippen LogP contribution is 2.44. The normalized spacial score (nSPS) is 16.4. The molecule has 2 heterocycles. The van der Waals surface area contributed by atoms with Gasteiger partial charge in [-0.05, 0) is 36.8 Å². The van der Waals surface area contributed by atoms with Crippen molar-refractivity contribution in [2.45, 2.75) is 25.6 Å². The van der Waals surface area contributed by atoms with Gasteiger partial charge in [-0.1, -0.05) is 13.0 Å². The molecule has 0 spiro atoms. The fourth-order valence-corrected chi connectivity index (χ4v) is 4.33. The molecule has 5 rings (SSSR count). The molecule has 2 atom stereocenters. The second-order valence-corrected chi connectivity index (χ2v) is 8.74. The predicted octanol–water partition coefficient (Wildman–Crippen LogP) is 4.25. The molecular weight excluding hydrogens is 496 g/mol. The van der Waals surface area contributed by atoms with Gasteiger partial charge in [0.1, 0.15) is 22.5 Å². The summed E-state index contributed by atoms with van der Waals surface area (Å²) in [6.07, 6.45) is -0.765. The zero-order chi connectivity index (χ0) is 27.0. The average molecular weight is 523 g/mol. The van der Waals surface area contributed by atoms with E-state index in [1.54, 1.807) is 24.3 Å². The van der Waals surface area contributed by atoms with Crippen molar-refractivity contribution in [1.29, 1.82) is 0 Å². The Kier molecular flexibility index (Phi) is 6.64. The third kappa shape index (κ3) is 4.39. The minimum atomic E-state index is -0.801. The van der Waals surface area contributed by atoms with Crippen LogP contribution < -0.4 is 24.4 Å². The number of aromatic hydroxyl groups is 3. The number of hydrogen-bond acceptors (Lipinski definition) is 10. The van der Waals surface area contributed by atoms with Crippen LogP contribution in [0.2, 0.25) is 0 Å². The van der Waals surface area contributed by atoms with E-state index in [1.807, 2.05) is 6.92 Å².